The molecule has 0 fully saturated rings. The first-order valence-corrected chi connectivity index (χ1v) is 10.7. The van der Waals surface area contributed by atoms with Gasteiger partial charge in [-0.25, -0.2) is 19.3 Å². The van der Waals surface area contributed by atoms with E-state index in [1.807, 2.05) is 35.0 Å². The van der Waals surface area contributed by atoms with Gasteiger partial charge >= 0.3 is 0 Å². The summed E-state index contributed by atoms with van der Waals surface area (Å²) in [6.45, 7) is 0.814. The van der Waals surface area contributed by atoms with Crippen LogP contribution in [-0.2, 0) is 13.2 Å². The van der Waals surface area contributed by atoms with Gasteiger partial charge in [-0.3, -0.25) is 0 Å². The number of benzene rings is 2. The minimum atomic E-state index is -0.415. The van der Waals surface area contributed by atoms with E-state index in [9.17, 15) is 4.39 Å². The third kappa shape index (κ3) is 5.24. The number of aromatic nitrogens is 4. The second-order valence-electron chi connectivity index (χ2n) is 7.37. The molecular weight excluding hydrogens is 459 g/mol. The Balaban J connectivity index is 1.17. The van der Waals surface area contributed by atoms with Crippen molar-refractivity contribution in [2.75, 3.05) is 0 Å². The normalized spacial score (nSPS) is 11.4. The molecule has 0 spiro atoms. The van der Waals surface area contributed by atoms with Gasteiger partial charge in [0, 0.05) is 34.6 Å². The third-order valence-corrected chi connectivity index (χ3v) is 5.12. The summed E-state index contributed by atoms with van der Waals surface area (Å²) in [6.07, 6.45) is 11.6. The quantitative estimate of drug-likeness (QED) is 0.268. The average Bonchev–Trinajstić information content (AvgIpc) is 3.61. The predicted octanol–water partition coefficient (Wildman–Crippen LogP) is 6.12. The molecule has 0 atom stereocenters. The van der Waals surface area contributed by atoms with Crippen LogP contribution in [0.25, 0.3) is 23.6 Å². The molecule has 5 rings (SSSR count). The zero-order chi connectivity index (χ0) is 23.3. The molecule has 0 radical (unpaired) electrons. The fraction of sp³-hybridized carbons (Fsp3) is 0.0800. The topological polar surface area (TPSA) is 79.1 Å². The first-order chi connectivity index (χ1) is 16.6. The van der Waals surface area contributed by atoms with Crippen molar-refractivity contribution in [3.63, 3.8) is 0 Å². The Hall–Kier alpha value is -4.17. The summed E-state index contributed by atoms with van der Waals surface area (Å²) in [5, 5.41) is 0.342. The van der Waals surface area contributed by atoms with E-state index in [4.69, 9.17) is 25.2 Å². The number of ether oxygens (including phenoxy) is 1. The predicted molar refractivity (Wildman–Crippen MR) is 124 cm³/mol. The van der Waals surface area contributed by atoms with Crippen LogP contribution in [0.4, 0.5) is 4.39 Å². The second kappa shape index (κ2) is 9.76. The summed E-state index contributed by atoms with van der Waals surface area (Å²) in [7, 11) is 0. The van der Waals surface area contributed by atoms with Gasteiger partial charge in [0.05, 0.1) is 18.6 Å². The largest absolute Gasteiger partial charge is 0.487 e. The summed E-state index contributed by atoms with van der Waals surface area (Å²) >= 11 is 5.77. The molecule has 0 N–H and O–H groups in total. The van der Waals surface area contributed by atoms with Crippen molar-refractivity contribution in [2.45, 2.75) is 13.2 Å². The van der Waals surface area contributed by atoms with Crippen LogP contribution in [0.15, 0.2) is 82.5 Å². The van der Waals surface area contributed by atoms with Gasteiger partial charge < -0.3 is 18.1 Å². The van der Waals surface area contributed by atoms with Crippen LogP contribution >= 0.6 is 11.6 Å². The fourth-order valence-corrected chi connectivity index (χ4v) is 3.35. The van der Waals surface area contributed by atoms with E-state index in [2.05, 4.69) is 15.0 Å². The highest BCUT2D eigenvalue weighted by Crippen LogP contribution is 2.23. The molecule has 0 aliphatic rings. The smallest absolute Gasteiger partial charge is 0.226 e. The van der Waals surface area contributed by atoms with Crippen LogP contribution in [0.3, 0.4) is 0 Å². The van der Waals surface area contributed by atoms with Gasteiger partial charge in [-0.05, 0) is 42.5 Å². The Morgan fingerprint density at radius 2 is 1.85 bits per heavy atom. The molecule has 0 aliphatic heterocycles. The highest BCUT2D eigenvalue weighted by Gasteiger charge is 2.09. The van der Waals surface area contributed by atoms with Crippen molar-refractivity contribution >= 4 is 23.8 Å². The maximum absolute atomic E-state index is 13.9. The van der Waals surface area contributed by atoms with Crippen molar-refractivity contribution < 1.29 is 18.0 Å². The number of oxazole rings is 2. The van der Waals surface area contributed by atoms with E-state index < -0.39 is 5.82 Å². The van der Waals surface area contributed by atoms with Crippen molar-refractivity contribution in [1.82, 2.24) is 19.5 Å². The van der Waals surface area contributed by atoms with E-state index in [0.717, 1.165) is 11.3 Å². The Morgan fingerprint density at radius 3 is 2.65 bits per heavy atom. The molecule has 0 amide bonds. The van der Waals surface area contributed by atoms with Gasteiger partial charge in [-0.15, -0.1) is 0 Å². The lowest BCUT2D eigenvalue weighted by atomic mass is 10.2. The summed E-state index contributed by atoms with van der Waals surface area (Å²) in [5.74, 6) is 1.13. The monoisotopic (exact) mass is 476 g/mol. The van der Waals surface area contributed by atoms with E-state index in [-0.39, 0.29) is 6.61 Å². The summed E-state index contributed by atoms with van der Waals surface area (Å²) in [6, 6.07) is 11.9. The molecule has 9 heteroatoms. The number of rotatable bonds is 8. The van der Waals surface area contributed by atoms with Crippen molar-refractivity contribution in [2.24, 2.45) is 0 Å². The highest BCUT2D eigenvalue weighted by atomic mass is 35.5. The highest BCUT2D eigenvalue weighted by molar-refractivity contribution is 6.30. The van der Waals surface area contributed by atoms with Crippen molar-refractivity contribution in [3.8, 4) is 17.2 Å². The lowest BCUT2D eigenvalue weighted by molar-refractivity contribution is 0.301. The lowest BCUT2D eigenvalue weighted by Crippen LogP contribution is -1.96. The van der Waals surface area contributed by atoms with Crippen LogP contribution < -0.4 is 4.74 Å². The molecular formula is C25H18ClFN4O3. The Bertz CT molecular complexity index is 1410. The summed E-state index contributed by atoms with van der Waals surface area (Å²) < 4.78 is 32.6. The van der Waals surface area contributed by atoms with Gasteiger partial charge in [0.25, 0.3) is 0 Å². The van der Waals surface area contributed by atoms with Gasteiger partial charge in [0.15, 0.2) is 0 Å². The SMILES string of the molecule is Fc1cc(Cl)ccc1/C=C/c1nc(COc2ccc(-c3nc(Cn4ccnc4)co3)cc2)co1. The van der Waals surface area contributed by atoms with Crippen molar-refractivity contribution in [3.05, 3.63) is 107 Å². The molecule has 0 saturated carbocycles. The molecule has 170 valence electrons. The number of imidazole rings is 1. The van der Waals surface area contributed by atoms with Crippen LogP contribution in [0.1, 0.15) is 22.8 Å². The number of halogens is 2. The molecule has 0 saturated heterocycles. The van der Waals surface area contributed by atoms with Crippen LogP contribution in [0.5, 0.6) is 5.75 Å². The fourth-order valence-electron chi connectivity index (χ4n) is 3.19. The van der Waals surface area contributed by atoms with E-state index >= 15 is 0 Å². The molecule has 7 nitrogen and oxygen atoms in total. The molecule has 0 unspecified atom stereocenters. The number of hydrogen-bond acceptors (Lipinski definition) is 6. The van der Waals surface area contributed by atoms with Crippen molar-refractivity contribution in [1.29, 1.82) is 0 Å². The maximum Gasteiger partial charge on any atom is 0.226 e. The molecule has 0 aliphatic carbocycles. The van der Waals surface area contributed by atoms with Gasteiger partial charge in [-0.1, -0.05) is 17.7 Å². The van der Waals surface area contributed by atoms with Gasteiger partial charge in [0.1, 0.15) is 36.4 Å². The number of hydrogen-bond donors (Lipinski definition) is 0. The standard InChI is InChI=1S/C25H18ClFN4O3/c26-19-5-1-17(23(27)11-19)4-8-24-29-21(15-33-24)14-32-22-6-2-18(3-7-22)25-30-20(13-34-25)12-31-10-9-28-16-31/h1-11,13,15-16H,12,14H2/b8-4+. The zero-order valence-corrected chi connectivity index (χ0v) is 18.5. The minimum Gasteiger partial charge on any atom is -0.487 e. The van der Waals surface area contributed by atoms with E-state index in [1.54, 1.807) is 43.1 Å². The zero-order valence-electron chi connectivity index (χ0n) is 17.8. The summed E-state index contributed by atoms with van der Waals surface area (Å²) in [4.78, 5) is 12.9. The molecule has 0 bridgehead atoms. The van der Waals surface area contributed by atoms with E-state index in [0.29, 0.717) is 40.4 Å². The van der Waals surface area contributed by atoms with Crippen LogP contribution in [0, 0.1) is 5.82 Å². The first kappa shape index (κ1) is 21.7. The van der Waals surface area contributed by atoms with Gasteiger partial charge in [0.2, 0.25) is 11.8 Å². The third-order valence-electron chi connectivity index (χ3n) is 4.88. The van der Waals surface area contributed by atoms with Crippen LogP contribution in [0.2, 0.25) is 5.02 Å². The van der Waals surface area contributed by atoms with E-state index in [1.165, 1.54) is 12.3 Å². The maximum atomic E-state index is 13.9. The Labute approximate surface area is 199 Å². The Morgan fingerprint density at radius 1 is 1.00 bits per heavy atom. The van der Waals surface area contributed by atoms with Crippen LogP contribution in [-0.4, -0.2) is 19.5 Å². The number of nitrogens with zero attached hydrogens (tertiary/aromatic N) is 4. The lowest BCUT2D eigenvalue weighted by Gasteiger charge is -2.04. The molecule has 3 heterocycles. The Kier molecular flexibility index (Phi) is 6.22. The molecule has 3 aromatic heterocycles. The average molecular weight is 477 g/mol. The second-order valence-corrected chi connectivity index (χ2v) is 7.80. The first-order valence-electron chi connectivity index (χ1n) is 10.3. The minimum absolute atomic E-state index is 0.222. The molecule has 5 aromatic rings. The molecule has 34 heavy (non-hydrogen) atoms. The summed E-state index contributed by atoms with van der Waals surface area (Å²) in [5.41, 5.74) is 2.65. The van der Waals surface area contributed by atoms with Gasteiger partial charge in [-0.2, -0.15) is 0 Å². The molecule has 2 aromatic carbocycles.